The van der Waals surface area contributed by atoms with Gasteiger partial charge in [-0.2, -0.15) is 0 Å². The number of carbonyl (C=O) groups is 1. The monoisotopic (exact) mass is 318 g/mol. The number of thioether (sulfide) groups is 1. The first-order valence-corrected chi connectivity index (χ1v) is 8.86. The topological polar surface area (TPSA) is 63.4 Å². The quantitative estimate of drug-likeness (QED) is 0.633. The molecule has 4 rings (SSSR count). The summed E-state index contributed by atoms with van der Waals surface area (Å²) in [6.45, 7) is 0. The third kappa shape index (κ3) is 2.12. The maximum Gasteiger partial charge on any atom is 0.275 e. The number of nitro benzene ring substituents is 1. The van der Waals surface area contributed by atoms with E-state index in [0.29, 0.717) is 17.2 Å². The van der Waals surface area contributed by atoms with Gasteiger partial charge in [-0.05, 0) is 37.2 Å². The summed E-state index contributed by atoms with van der Waals surface area (Å²) in [5.41, 5.74) is 0.800. The van der Waals surface area contributed by atoms with Crippen LogP contribution in [0.2, 0.25) is 0 Å². The summed E-state index contributed by atoms with van der Waals surface area (Å²) < 4.78 is 0. The van der Waals surface area contributed by atoms with Crippen LogP contribution in [-0.2, 0) is 4.79 Å². The minimum Gasteiger partial charge on any atom is -0.322 e. The van der Waals surface area contributed by atoms with Crippen molar-refractivity contribution in [2.45, 2.75) is 37.1 Å². The van der Waals surface area contributed by atoms with Crippen LogP contribution in [0.25, 0.3) is 0 Å². The molecule has 2 saturated carbocycles. The van der Waals surface area contributed by atoms with Crippen molar-refractivity contribution in [2.24, 2.45) is 11.8 Å². The van der Waals surface area contributed by atoms with Gasteiger partial charge in [0, 0.05) is 12.1 Å². The van der Waals surface area contributed by atoms with Gasteiger partial charge in [0.1, 0.15) is 5.37 Å². The lowest BCUT2D eigenvalue weighted by Crippen LogP contribution is -2.41. The van der Waals surface area contributed by atoms with Crippen molar-refractivity contribution < 1.29 is 9.72 Å². The second-order valence-corrected chi connectivity index (χ2v) is 7.59. The molecule has 0 spiro atoms. The number of fused-ring (bicyclic) bond motifs is 2. The zero-order chi connectivity index (χ0) is 15.3. The third-order valence-corrected chi connectivity index (χ3v) is 6.57. The molecule has 0 radical (unpaired) electrons. The normalized spacial score (nSPS) is 33.6. The van der Waals surface area contributed by atoms with Crippen molar-refractivity contribution in [2.75, 3.05) is 5.75 Å². The van der Waals surface area contributed by atoms with Crippen LogP contribution in [0.5, 0.6) is 0 Å². The van der Waals surface area contributed by atoms with E-state index in [1.807, 2.05) is 11.0 Å². The van der Waals surface area contributed by atoms with Crippen LogP contribution < -0.4 is 0 Å². The molecule has 1 heterocycles. The van der Waals surface area contributed by atoms with Crippen molar-refractivity contribution in [1.29, 1.82) is 0 Å². The Kier molecular flexibility index (Phi) is 3.36. The molecule has 1 amide bonds. The molecule has 116 valence electrons. The molecule has 22 heavy (non-hydrogen) atoms. The zero-order valence-electron chi connectivity index (χ0n) is 12.2. The fourth-order valence-electron chi connectivity index (χ4n) is 4.45. The first kappa shape index (κ1) is 14.1. The van der Waals surface area contributed by atoms with Crippen molar-refractivity contribution in [1.82, 2.24) is 4.90 Å². The van der Waals surface area contributed by atoms with E-state index in [1.165, 1.54) is 37.1 Å². The summed E-state index contributed by atoms with van der Waals surface area (Å²) in [4.78, 5) is 25.4. The van der Waals surface area contributed by atoms with E-state index >= 15 is 0 Å². The Bertz CT molecular complexity index is 636. The molecule has 3 aliphatic rings. The number of nitro groups is 1. The highest BCUT2D eigenvalue weighted by molar-refractivity contribution is 8.00. The van der Waals surface area contributed by atoms with Gasteiger partial charge >= 0.3 is 0 Å². The Hall–Kier alpha value is -1.56. The van der Waals surface area contributed by atoms with Gasteiger partial charge in [0.25, 0.3) is 5.69 Å². The van der Waals surface area contributed by atoms with Gasteiger partial charge < -0.3 is 4.90 Å². The van der Waals surface area contributed by atoms with Crippen molar-refractivity contribution in [3.8, 4) is 0 Å². The molecule has 6 heteroatoms. The molecule has 2 aliphatic carbocycles. The third-order valence-electron chi connectivity index (χ3n) is 5.36. The van der Waals surface area contributed by atoms with Gasteiger partial charge in [-0.1, -0.05) is 18.6 Å². The molecule has 3 fully saturated rings. The van der Waals surface area contributed by atoms with Crippen LogP contribution in [0.15, 0.2) is 24.3 Å². The van der Waals surface area contributed by atoms with Crippen LogP contribution >= 0.6 is 11.8 Å². The lowest BCUT2D eigenvalue weighted by Gasteiger charge is -2.35. The molecule has 0 N–H and O–H groups in total. The Morgan fingerprint density at radius 2 is 2.05 bits per heavy atom. The summed E-state index contributed by atoms with van der Waals surface area (Å²) in [5, 5.41) is 11.1. The molecule has 1 saturated heterocycles. The number of nitrogens with zero attached hydrogens (tertiary/aromatic N) is 2. The summed E-state index contributed by atoms with van der Waals surface area (Å²) >= 11 is 1.53. The van der Waals surface area contributed by atoms with Crippen molar-refractivity contribution >= 4 is 23.4 Å². The van der Waals surface area contributed by atoms with Crippen LogP contribution in [0.4, 0.5) is 5.69 Å². The summed E-state index contributed by atoms with van der Waals surface area (Å²) in [6.07, 6.45) is 4.79. The molecule has 0 unspecified atom stereocenters. The smallest absolute Gasteiger partial charge is 0.275 e. The highest BCUT2D eigenvalue weighted by atomic mass is 32.2. The lowest BCUT2D eigenvalue weighted by atomic mass is 9.93. The minimum absolute atomic E-state index is 0.128. The van der Waals surface area contributed by atoms with Gasteiger partial charge in [0.15, 0.2) is 0 Å². The molecule has 0 aromatic heterocycles. The second kappa shape index (κ2) is 5.26. The zero-order valence-corrected chi connectivity index (χ0v) is 13.0. The first-order valence-electron chi connectivity index (χ1n) is 7.81. The standard InChI is InChI=1S/C16H18N2O3S/c19-15-9-22-16(12-3-1-2-4-13(12)18(20)21)17(15)14-8-10-5-6-11(14)7-10/h1-4,10-11,14,16H,5-9H2/t10-,11-,14-,16+/m1/s1. The number of benzene rings is 1. The van der Waals surface area contributed by atoms with Crippen LogP contribution in [0, 0.1) is 22.0 Å². The fourth-order valence-corrected chi connectivity index (χ4v) is 5.71. The summed E-state index contributed by atoms with van der Waals surface area (Å²) in [6, 6.07) is 7.13. The van der Waals surface area contributed by atoms with Gasteiger partial charge in [-0.25, -0.2) is 0 Å². The van der Waals surface area contributed by atoms with Crippen molar-refractivity contribution in [3.05, 3.63) is 39.9 Å². The van der Waals surface area contributed by atoms with E-state index in [0.717, 1.165) is 12.3 Å². The number of para-hydroxylation sites is 1. The van der Waals surface area contributed by atoms with Gasteiger partial charge in [0.2, 0.25) is 5.91 Å². The van der Waals surface area contributed by atoms with Gasteiger partial charge in [0.05, 0.1) is 16.2 Å². The van der Waals surface area contributed by atoms with Gasteiger partial charge in [-0.15, -0.1) is 11.8 Å². The highest BCUT2D eigenvalue weighted by Crippen LogP contribution is 2.52. The Morgan fingerprint density at radius 1 is 1.23 bits per heavy atom. The Morgan fingerprint density at radius 3 is 2.73 bits per heavy atom. The molecule has 5 nitrogen and oxygen atoms in total. The lowest BCUT2D eigenvalue weighted by molar-refractivity contribution is -0.385. The number of amides is 1. The van der Waals surface area contributed by atoms with E-state index in [1.54, 1.807) is 12.1 Å². The number of hydrogen-bond donors (Lipinski definition) is 0. The molecule has 1 aromatic rings. The average molecular weight is 318 g/mol. The number of carbonyl (C=O) groups excluding carboxylic acids is 1. The predicted octanol–water partition coefficient (Wildman–Crippen LogP) is 3.36. The highest BCUT2D eigenvalue weighted by Gasteiger charge is 2.49. The Balaban J connectivity index is 1.69. The predicted molar refractivity (Wildman–Crippen MR) is 84.4 cm³/mol. The maximum absolute atomic E-state index is 12.4. The summed E-state index contributed by atoms with van der Waals surface area (Å²) in [5.74, 6) is 1.92. The van der Waals surface area contributed by atoms with Gasteiger partial charge in [-0.3, -0.25) is 14.9 Å². The number of rotatable bonds is 3. The first-order chi connectivity index (χ1) is 10.6. The second-order valence-electron chi connectivity index (χ2n) is 6.52. The minimum atomic E-state index is -0.336. The van der Waals surface area contributed by atoms with E-state index in [4.69, 9.17) is 0 Å². The SMILES string of the molecule is O=C1CS[C@@H](c2ccccc2[N+](=O)[O-])N1[C@@H]1C[C@@H]2CC[C@@H]1C2. The molecule has 2 bridgehead atoms. The average Bonchev–Trinajstić information content (AvgIpc) is 3.21. The van der Waals surface area contributed by atoms with E-state index in [9.17, 15) is 14.9 Å². The van der Waals surface area contributed by atoms with Crippen LogP contribution in [0.1, 0.15) is 36.6 Å². The largest absolute Gasteiger partial charge is 0.322 e. The van der Waals surface area contributed by atoms with Crippen LogP contribution in [-0.4, -0.2) is 27.5 Å². The van der Waals surface area contributed by atoms with E-state index < -0.39 is 0 Å². The molecule has 1 aromatic carbocycles. The fraction of sp³-hybridized carbons (Fsp3) is 0.562. The van der Waals surface area contributed by atoms with E-state index in [-0.39, 0.29) is 27.9 Å². The molecule has 1 aliphatic heterocycles. The number of hydrogen-bond acceptors (Lipinski definition) is 4. The van der Waals surface area contributed by atoms with E-state index in [2.05, 4.69) is 0 Å². The summed E-state index contributed by atoms with van der Waals surface area (Å²) in [7, 11) is 0. The Labute approximate surface area is 133 Å². The van der Waals surface area contributed by atoms with Crippen molar-refractivity contribution in [3.63, 3.8) is 0 Å². The molecular weight excluding hydrogens is 300 g/mol. The molecule has 4 atom stereocenters. The van der Waals surface area contributed by atoms with Crippen LogP contribution in [0.3, 0.4) is 0 Å². The maximum atomic E-state index is 12.4. The molecular formula is C16H18N2O3S.